The Kier molecular flexibility index (Phi) is 4.09. The molecule has 9 heteroatoms. The first-order valence-electron chi connectivity index (χ1n) is 8.51. The molecule has 0 saturated carbocycles. The van der Waals surface area contributed by atoms with Gasteiger partial charge in [-0.25, -0.2) is 0 Å². The molecule has 1 aromatic heterocycles. The fourth-order valence-electron chi connectivity index (χ4n) is 3.40. The van der Waals surface area contributed by atoms with Crippen molar-refractivity contribution in [2.45, 2.75) is 25.6 Å². The summed E-state index contributed by atoms with van der Waals surface area (Å²) in [5.41, 5.74) is 1.58. The van der Waals surface area contributed by atoms with Gasteiger partial charge in [-0.15, -0.1) is 8.78 Å². The predicted molar refractivity (Wildman–Crippen MR) is 88.1 cm³/mol. The third-order valence-corrected chi connectivity index (χ3v) is 4.67. The van der Waals surface area contributed by atoms with Crippen LogP contribution in [0.3, 0.4) is 0 Å². The molecule has 142 valence electrons. The van der Waals surface area contributed by atoms with Crippen LogP contribution in [0.2, 0.25) is 0 Å². The number of likely N-dealkylation sites (tertiary alicyclic amines) is 1. The van der Waals surface area contributed by atoms with Gasteiger partial charge in [-0.3, -0.25) is 19.2 Å². The molecule has 2 amide bonds. The fraction of sp³-hybridized carbons (Fsp3) is 0.389. The van der Waals surface area contributed by atoms with Crippen molar-refractivity contribution in [2.75, 3.05) is 6.54 Å². The van der Waals surface area contributed by atoms with Gasteiger partial charge in [-0.1, -0.05) is 6.07 Å². The number of imide groups is 1. The van der Waals surface area contributed by atoms with Crippen molar-refractivity contribution in [3.8, 4) is 11.5 Å². The molecule has 0 aliphatic carbocycles. The number of hydrogen-bond donors (Lipinski definition) is 0. The number of hydrogen-bond acceptors (Lipinski definition) is 5. The zero-order chi connectivity index (χ0) is 19.2. The second kappa shape index (κ2) is 6.33. The summed E-state index contributed by atoms with van der Waals surface area (Å²) in [6, 6.07) is 4.44. The number of halogens is 2. The highest BCUT2D eigenvalue weighted by atomic mass is 19.3. The molecule has 4 rings (SSSR count). The topological polar surface area (TPSA) is 73.7 Å². The first kappa shape index (κ1) is 17.4. The first-order chi connectivity index (χ1) is 12.8. The van der Waals surface area contributed by atoms with Crippen LogP contribution in [0.25, 0.3) is 0 Å². The van der Waals surface area contributed by atoms with Crippen molar-refractivity contribution in [1.29, 1.82) is 0 Å². The summed E-state index contributed by atoms with van der Waals surface area (Å²) >= 11 is 0. The monoisotopic (exact) mass is 377 g/mol. The largest absolute Gasteiger partial charge is 0.586 e. The molecule has 0 bridgehead atoms. The number of amides is 2. The molecule has 0 radical (unpaired) electrons. The smallest absolute Gasteiger partial charge is 0.395 e. The number of aromatic nitrogens is 2. The summed E-state index contributed by atoms with van der Waals surface area (Å²) in [5.74, 6) is -0.908. The Morgan fingerprint density at radius 3 is 2.74 bits per heavy atom. The van der Waals surface area contributed by atoms with Gasteiger partial charge in [-0.2, -0.15) is 5.10 Å². The summed E-state index contributed by atoms with van der Waals surface area (Å²) < 4.78 is 36.6. The van der Waals surface area contributed by atoms with Crippen LogP contribution in [0.4, 0.5) is 8.78 Å². The van der Waals surface area contributed by atoms with Gasteiger partial charge >= 0.3 is 6.29 Å². The van der Waals surface area contributed by atoms with Gasteiger partial charge in [0.2, 0.25) is 11.8 Å². The van der Waals surface area contributed by atoms with E-state index in [1.165, 1.54) is 17.0 Å². The van der Waals surface area contributed by atoms with Crippen molar-refractivity contribution in [3.05, 3.63) is 41.7 Å². The van der Waals surface area contributed by atoms with E-state index < -0.39 is 12.2 Å². The summed E-state index contributed by atoms with van der Waals surface area (Å²) in [4.78, 5) is 26.0. The van der Waals surface area contributed by atoms with Crippen LogP contribution in [0.5, 0.6) is 11.5 Å². The molecule has 0 N–H and O–H groups in total. The zero-order valence-electron chi connectivity index (χ0n) is 14.5. The Morgan fingerprint density at radius 2 is 2.00 bits per heavy atom. The molecular weight excluding hydrogens is 360 g/mol. The van der Waals surface area contributed by atoms with Gasteiger partial charge in [-0.05, 0) is 36.1 Å². The van der Waals surface area contributed by atoms with E-state index in [9.17, 15) is 18.4 Å². The molecule has 2 aromatic rings. The number of carbonyl (C=O) groups excluding carboxylic acids is 2. The van der Waals surface area contributed by atoms with Crippen molar-refractivity contribution < 1.29 is 27.8 Å². The Bertz CT molecular complexity index is 912. The molecular formula is C18H17F2N3O4. The average molecular weight is 377 g/mol. The van der Waals surface area contributed by atoms with Gasteiger partial charge in [0.05, 0.1) is 12.1 Å². The molecule has 7 nitrogen and oxygen atoms in total. The third-order valence-electron chi connectivity index (χ3n) is 4.67. The molecule has 27 heavy (non-hydrogen) atoms. The van der Waals surface area contributed by atoms with Gasteiger partial charge in [0.25, 0.3) is 0 Å². The summed E-state index contributed by atoms with van der Waals surface area (Å²) in [6.07, 6.45) is 0.821. The highest BCUT2D eigenvalue weighted by Gasteiger charge is 2.43. The second-order valence-electron chi connectivity index (χ2n) is 6.71. The minimum atomic E-state index is -3.67. The maximum absolute atomic E-state index is 13.1. The summed E-state index contributed by atoms with van der Waals surface area (Å²) in [5, 5.41) is 4.07. The Balaban J connectivity index is 1.39. The summed E-state index contributed by atoms with van der Waals surface area (Å²) in [6.45, 7) is 0.192. The SMILES string of the molecule is Cn1cc(CC2CC(=O)N(CCc3ccc4c(c3)OC(F)(F)O4)C2=O)cn1. The van der Waals surface area contributed by atoms with Crippen LogP contribution < -0.4 is 9.47 Å². The first-order valence-corrected chi connectivity index (χ1v) is 8.51. The number of alkyl halides is 2. The van der Waals surface area contributed by atoms with E-state index in [4.69, 9.17) is 0 Å². The number of fused-ring (bicyclic) bond motifs is 1. The zero-order valence-corrected chi connectivity index (χ0v) is 14.5. The lowest BCUT2D eigenvalue weighted by Crippen LogP contribution is -2.33. The van der Waals surface area contributed by atoms with Gasteiger partial charge < -0.3 is 9.47 Å². The fourth-order valence-corrected chi connectivity index (χ4v) is 3.40. The van der Waals surface area contributed by atoms with Crippen LogP contribution >= 0.6 is 0 Å². The van der Waals surface area contributed by atoms with E-state index in [1.807, 2.05) is 6.20 Å². The molecule has 1 fully saturated rings. The van der Waals surface area contributed by atoms with Crippen molar-refractivity contribution in [3.63, 3.8) is 0 Å². The molecule has 3 heterocycles. The van der Waals surface area contributed by atoms with Crippen molar-refractivity contribution >= 4 is 11.8 Å². The summed E-state index contributed by atoms with van der Waals surface area (Å²) in [7, 11) is 1.79. The third kappa shape index (κ3) is 3.49. The van der Waals surface area contributed by atoms with Crippen LogP contribution in [0, 0.1) is 5.92 Å². The minimum Gasteiger partial charge on any atom is -0.395 e. The number of nitrogens with zero attached hydrogens (tertiary/aromatic N) is 3. The average Bonchev–Trinajstić information content (AvgIpc) is 3.21. The standard InChI is InChI=1S/C18H17F2N3O4/c1-22-10-12(9-21-22)6-13-8-16(24)23(17(13)25)5-4-11-2-3-14-15(7-11)27-18(19,20)26-14/h2-3,7,9-10,13H,4-6,8H2,1H3. The Hall–Kier alpha value is -2.97. The van der Waals surface area contributed by atoms with Crippen molar-refractivity contribution in [1.82, 2.24) is 14.7 Å². The van der Waals surface area contributed by atoms with E-state index in [-0.39, 0.29) is 36.3 Å². The number of carbonyl (C=O) groups is 2. The number of benzene rings is 1. The molecule has 1 saturated heterocycles. The van der Waals surface area contributed by atoms with Crippen LogP contribution in [0.15, 0.2) is 30.6 Å². The maximum Gasteiger partial charge on any atom is 0.586 e. The minimum absolute atomic E-state index is 0.0337. The highest BCUT2D eigenvalue weighted by molar-refractivity contribution is 6.03. The lowest BCUT2D eigenvalue weighted by atomic mass is 10.0. The Morgan fingerprint density at radius 1 is 1.22 bits per heavy atom. The molecule has 1 atom stereocenters. The molecule has 0 spiro atoms. The van der Waals surface area contributed by atoms with Gasteiger partial charge in [0.1, 0.15) is 0 Å². The van der Waals surface area contributed by atoms with E-state index in [2.05, 4.69) is 14.6 Å². The van der Waals surface area contributed by atoms with E-state index >= 15 is 0 Å². The number of rotatable bonds is 5. The lowest BCUT2D eigenvalue weighted by Gasteiger charge is -2.15. The molecule has 1 unspecified atom stereocenters. The van der Waals surface area contributed by atoms with E-state index in [1.54, 1.807) is 24.0 Å². The Labute approximate surface area is 153 Å². The maximum atomic E-state index is 13.1. The lowest BCUT2D eigenvalue weighted by molar-refractivity contribution is -0.286. The quantitative estimate of drug-likeness (QED) is 0.744. The van der Waals surface area contributed by atoms with Gasteiger partial charge in [0.15, 0.2) is 11.5 Å². The van der Waals surface area contributed by atoms with Gasteiger partial charge in [0, 0.05) is 26.2 Å². The predicted octanol–water partition coefficient (Wildman–Crippen LogP) is 1.90. The van der Waals surface area contributed by atoms with E-state index in [0.717, 1.165) is 5.56 Å². The normalized spacial score (nSPS) is 20.6. The van der Waals surface area contributed by atoms with Crippen LogP contribution in [-0.4, -0.2) is 39.3 Å². The number of aryl methyl sites for hydroxylation is 1. The van der Waals surface area contributed by atoms with E-state index in [0.29, 0.717) is 18.4 Å². The van der Waals surface area contributed by atoms with Crippen LogP contribution in [-0.2, 0) is 29.5 Å². The highest BCUT2D eigenvalue weighted by Crippen LogP contribution is 2.41. The molecule has 1 aromatic carbocycles. The molecule has 2 aliphatic rings. The number of ether oxygens (including phenoxy) is 2. The molecule has 2 aliphatic heterocycles. The van der Waals surface area contributed by atoms with Crippen molar-refractivity contribution in [2.24, 2.45) is 13.0 Å². The van der Waals surface area contributed by atoms with Crippen LogP contribution in [0.1, 0.15) is 17.5 Å². The second-order valence-corrected chi connectivity index (χ2v) is 6.71.